The fourth-order valence-electron chi connectivity index (χ4n) is 1.81. The van der Waals surface area contributed by atoms with E-state index in [9.17, 15) is 0 Å². The molecule has 0 saturated heterocycles. The summed E-state index contributed by atoms with van der Waals surface area (Å²) < 4.78 is 0. The third-order valence-electron chi connectivity index (χ3n) is 2.78. The summed E-state index contributed by atoms with van der Waals surface area (Å²) in [4.78, 5) is 13.2. The first-order valence-corrected chi connectivity index (χ1v) is 5.77. The molecule has 3 rings (SSSR count). The maximum absolute atomic E-state index is 6.05. The molecular formula is C13H10ClN3. The SMILES string of the molecule is CC1=CN=C2Cc3ccccc3N=C2N=C1Cl. The molecule has 0 aliphatic carbocycles. The molecule has 1 aromatic carbocycles. The third-order valence-corrected chi connectivity index (χ3v) is 3.16. The molecule has 0 amide bonds. The number of allylic oxidation sites excluding steroid dienone is 1. The van der Waals surface area contributed by atoms with E-state index >= 15 is 0 Å². The molecule has 0 saturated carbocycles. The second-order valence-corrected chi connectivity index (χ2v) is 4.39. The Bertz CT molecular complexity index is 609. The van der Waals surface area contributed by atoms with Crippen LogP contribution in [0.4, 0.5) is 5.69 Å². The normalized spacial score (nSPS) is 18.0. The van der Waals surface area contributed by atoms with Gasteiger partial charge in [-0.2, -0.15) is 0 Å². The first-order chi connectivity index (χ1) is 8.24. The number of benzene rings is 1. The predicted molar refractivity (Wildman–Crippen MR) is 71.7 cm³/mol. The Morgan fingerprint density at radius 2 is 2.00 bits per heavy atom. The summed E-state index contributed by atoms with van der Waals surface area (Å²) in [6, 6.07) is 8.02. The zero-order valence-electron chi connectivity index (χ0n) is 9.31. The molecule has 0 fully saturated rings. The molecule has 0 N–H and O–H groups in total. The summed E-state index contributed by atoms with van der Waals surface area (Å²) in [6.07, 6.45) is 2.50. The number of hydrogen-bond acceptors (Lipinski definition) is 3. The van der Waals surface area contributed by atoms with E-state index in [1.165, 1.54) is 5.56 Å². The minimum atomic E-state index is 0.460. The van der Waals surface area contributed by atoms with Crippen LogP contribution in [-0.4, -0.2) is 16.7 Å². The van der Waals surface area contributed by atoms with Crippen LogP contribution >= 0.6 is 11.6 Å². The van der Waals surface area contributed by atoms with Gasteiger partial charge in [0.15, 0.2) is 5.84 Å². The number of rotatable bonds is 0. The van der Waals surface area contributed by atoms with Crippen LogP contribution in [-0.2, 0) is 6.42 Å². The Hall–Kier alpha value is -1.74. The molecule has 2 heterocycles. The van der Waals surface area contributed by atoms with E-state index in [2.05, 4.69) is 21.0 Å². The topological polar surface area (TPSA) is 37.1 Å². The summed E-state index contributed by atoms with van der Waals surface area (Å²) in [7, 11) is 0. The first-order valence-electron chi connectivity index (χ1n) is 5.39. The van der Waals surface area contributed by atoms with Crippen LogP contribution in [0.15, 0.2) is 51.0 Å². The lowest BCUT2D eigenvalue weighted by Crippen LogP contribution is -2.18. The number of halogens is 1. The highest BCUT2D eigenvalue weighted by Crippen LogP contribution is 2.26. The van der Waals surface area contributed by atoms with Gasteiger partial charge in [-0.25, -0.2) is 9.98 Å². The van der Waals surface area contributed by atoms with Crippen LogP contribution in [0.1, 0.15) is 12.5 Å². The molecule has 17 heavy (non-hydrogen) atoms. The van der Waals surface area contributed by atoms with Crippen molar-refractivity contribution in [2.45, 2.75) is 13.3 Å². The maximum Gasteiger partial charge on any atom is 0.176 e. The number of hydrogen-bond donors (Lipinski definition) is 0. The highest BCUT2D eigenvalue weighted by molar-refractivity contribution is 6.71. The van der Waals surface area contributed by atoms with E-state index in [4.69, 9.17) is 11.6 Å². The van der Waals surface area contributed by atoms with Crippen molar-refractivity contribution in [3.05, 3.63) is 41.6 Å². The monoisotopic (exact) mass is 243 g/mol. The van der Waals surface area contributed by atoms with Crippen LogP contribution in [0.5, 0.6) is 0 Å². The van der Waals surface area contributed by atoms with Crippen molar-refractivity contribution >= 4 is 34.0 Å². The Balaban J connectivity index is 2.17. The number of para-hydroxylation sites is 1. The standard InChI is InChI=1S/C13H10ClN3/c1-8-7-15-11-6-9-4-2-3-5-10(9)16-13(11)17-12(8)14/h2-5,7H,6H2,1H3. The van der Waals surface area contributed by atoms with Crippen molar-refractivity contribution in [1.82, 2.24) is 0 Å². The van der Waals surface area contributed by atoms with Crippen molar-refractivity contribution in [2.24, 2.45) is 15.0 Å². The van der Waals surface area contributed by atoms with Gasteiger partial charge >= 0.3 is 0 Å². The zero-order valence-corrected chi connectivity index (χ0v) is 10.1. The second-order valence-electron chi connectivity index (χ2n) is 4.03. The predicted octanol–water partition coefficient (Wildman–Crippen LogP) is 3.27. The molecule has 0 radical (unpaired) electrons. The second kappa shape index (κ2) is 3.93. The Morgan fingerprint density at radius 3 is 2.88 bits per heavy atom. The van der Waals surface area contributed by atoms with Crippen molar-refractivity contribution in [3.63, 3.8) is 0 Å². The molecule has 0 atom stereocenters. The van der Waals surface area contributed by atoms with Crippen LogP contribution in [0.3, 0.4) is 0 Å². The Kier molecular flexibility index (Phi) is 2.41. The lowest BCUT2D eigenvalue weighted by atomic mass is 10.0. The number of aliphatic imine (C=N–C) groups is 3. The van der Waals surface area contributed by atoms with E-state index in [1.807, 2.05) is 25.1 Å². The van der Waals surface area contributed by atoms with Gasteiger partial charge in [0.05, 0.1) is 11.4 Å². The van der Waals surface area contributed by atoms with E-state index in [0.29, 0.717) is 11.0 Å². The molecule has 2 aliphatic heterocycles. The van der Waals surface area contributed by atoms with Crippen molar-refractivity contribution in [1.29, 1.82) is 0 Å². The average molecular weight is 244 g/mol. The molecule has 0 aromatic heterocycles. The number of fused-ring (bicyclic) bond motifs is 2. The largest absolute Gasteiger partial charge is 0.257 e. The van der Waals surface area contributed by atoms with Crippen molar-refractivity contribution < 1.29 is 0 Å². The van der Waals surface area contributed by atoms with E-state index in [-0.39, 0.29) is 0 Å². The fraction of sp³-hybridized carbons (Fsp3) is 0.154. The lowest BCUT2D eigenvalue weighted by molar-refractivity contribution is 1.26. The molecule has 3 nitrogen and oxygen atoms in total. The summed E-state index contributed by atoms with van der Waals surface area (Å²) >= 11 is 6.05. The van der Waals surface area contributed by atoms with Gasteiger partial charge < -0.3 is 0 Å². The molecule has 0 spiro atoms. The van der Waals surface area contributed by atoms with E-state index < -0.39 is 0 Å². The van der Waals surface area contributed by atoms with Gasteiger partial charge in [0.25, 0.3) is 0 Å². The summed E-state index contributed by atoms with van der Waals surface area (Å²) in [5, 5.41) is 0.460. The first kappa shape index (κ1) is 10.4. The van der Waals surface area contributed by atoms with Crippen LogP contribution in [0.25, 0.3) is 0 Å². The minimum absolute atomic E-state index is 0.460. The molecule has 4 heteroatoms. The molecule has 0 unspecified atom stereocenters. The highest BCUT2D eigenvalue weighted by Gasteiger charge is 2.19. The smallest absolute Gasteiger partial charge is 0.176 e. The quantitative estimate of drug-likeness (QED) is 0.671. The lowest BCUT2D eigenvalue weighted by Gasteiger charge is -2.13. The van der Waals surface area contributed by atoms with E-state index in [1.54, 1.807) is 6.20 Å². The summed E-state index contributed by atoms with van der Waals surface area (Å²) in [5.74, 6) is 0.627. The number of amidine groups is 1. The molecule has 84 valence electrons. The molecule has 1 aromatic rings. The molecule has 0 bridgehead atoms. The summed E-state index contributed by atoms with van der Waals surface area (Å²) in [6.45, 7) is 1.89. The van der Waals surface area contributed by atoms with Gasteiger partial charge in [-0.3, -0.25) is 4.99 Å². The van der Waals surface area contributed by atoms with Gasteiger partial charge in [-0.1, -0.05) is 29.8 Å². The highest BCUT2D eigenvalue weighted by atomic mass is 35.5. The van der Waals surface area contributed by atoms with Gasteiger partial charge in [0, 0.05) is 18.2 Å². The molecule has 2 aliphatic rings. The zero-order chi connectivity index (χ0) is 11.8. The van der Waals surface area contributed by atoms with Gasteiger partial charge in [0.1, 0.15) is 5.17 Å². The third kappa shape index (κ3) is 1.83. The molecular weight excluding hydrogens is 234 g/mol. The van der Waals surface area contributed by atoms with Gasteiger partial charge in [-0.05, 0) is 18.6 Å². The van der Waals surface area contributed by atoms with Crippen LogP contribution in [0, 0.1) is 0 Å². The fourth-order valence-corrected chi connectivity index (χ4v) is 1.94. The van der Waals surface area contributed by atoms with Gasteiger partial charge in [-0.15, -0.1) is 0 Å². The van der Waals surface area contributed by atoms with Crippen molar-refractivity contribution in [2.75, 3.05) is 0 Å². The van der Waals surface area contributed by atoms with Crippen molar-refractivity contribution in [3.8, 4) is 0 Å². The maximum atomic E-state index is 6.05. The Labute approximate surface area is 104 Å². The van der Waals surface area contributed by atoms with Gasteiger partial charge in [0.2, 0.25) is 0 Å². The van der Waals surface area contributed by atoms with Crippen LogP contribution in [0.2, 0.25) is 0 Å². The summed E-state index contributed by atoms with van der Waals surface area (Å²) in [5.41, 5.74) is 3.86. The van der Waals surface area contributed by atoms with Crippen LogP contribution < -0.4 is 0 Å². The number of nitrogens with zero attached hydrogens (tertiary/aromatic N) is 3. The Morgan fingerprint density at radius 1 is 1.18 bits per heavy atom. The minimum Gasteiger partial charge on any atom is -0.257 e. The average Bonchev–Trinajstić information content (AvgIpc) is 2.47. The van der Waals surface area contributed by atoms with E-state index in [0.717, 1.165) is 23.4 Å².